The van der Waals surface area contributed by atoms with Crippen LogP contribution < -0.4 is 0 Å². The van der Waals surface area contributed by atoms with Crippen LogP contribution in [-0.2, 0) is 6.54 Å². The van der Waals surface area contributed by atoms with Crippen LogP contribution in [0.1, 0.15) is 59.7 Å². The SMILES string of the molecule is CCn1nc(C(=O)N2CCCCC2c2[nH]ncc2C)cc1C. The number of carbonyl (C=O) groups is 1. The van der Waals surface area contributed by atoms with Crippen LogP contribution in [0, 0.1) is 13.8 Å². The van der Waals surface area contributed by atoms with Crippen molar-refractivity contribution in [3.63, 3.8) is 0 Å². The summed E-state index contributed by atoms with van der Waals surface area (Å²) in [5, 5.41) is 11.6. The van der Waals surface area contributed by atoms with Crippen LogP contribution >= 0.6 is 0 Å². The van der Waals surface area contributed by atoms with Crippen LogP contribution in [0.3, 0.4) is 0 Å². The molecule has 0 bridgehead atoms. The minimum absolute atomic E-state index is 0.0222. The highest BCUT2D eigenvalue weighted by Gasteiger charge is 2.31. The standard InChI is InChI=1S/C16H23N5O/c1-4-21-12(3)9-13(19-21)16(22)20-8-6-5-7-14(20)15-11(2)10-17-18-15/h9-10,14H,4-8H2,1-3H3,(H,17,18). The lowest BCUT2D eigenvalue weighted by Gasteiger charge is -2.35. The summed E-state index contributed by atoms with van der Waals surface area (Å²) in [6.45, 7) is 7.61. The third-order valence-electron chi connectivity index (χ3n) is 4.46. The molecule has 1 unspecified atom stereocenters. The van der Waals surface area contributed by atoms with Gasteiger partial charge in [0.1, 0.15) is 0 Å². The molecular formula is C16H23N5O. The van der Waals surface area contributed by atoms with Crippen molar-refractivity contribution in [1.82, 2.24) is 24.9 Å². The van der Waals surface area contributed by atoms with E-state index in [1.807, 2.05) is 42.6 Å². The van der Waals surface area contributed by atoms with E-state index in [0.717, 1.165) is 49.3 Å². The van der Waals surface area contributed by atoms with E-state index in [1.54, 1.807) is 0 Å². The van der Waals surface area contributed by atoms with Gasteiger partial charge in [0.25, 0.3) is 5.91 Å². The van der Waals surface area contributed by atoms with E-state index in [9.17, 15) is 4.79 Å². The monoisotopic (exact) mass is 301 g/mol. The summed E-state index contributed by atoms with van der Waals surface area (Å²) in [4.78, 5) is 14.9. The van der Waals surface area contributed by atoms with E-state index in [4.69, 9.17) is 0 Å². The molecule has 22 heavy (non-hydrogen) atoms. The van der Waals surface area contributed by atoms with Gasteiger partial charge in [0, 0.05) is 18.8 Å². The Morgan fingerprint density at radius 1 is 1.41 bits per heavy atom. The summed E-state index contributed by atoms with van der Waals surface area (Å²) < 4.78 is 1.87. The van der Waals surface area contributed by atoms with E-state index in [-0.39, 0.29) is 11.9 Å². The minimum atomic E-state index is 0.0222. The summed E-state index contributed by atoms with van der Waals surface area (Å²) in [7, 11) is 0. The predicted octanol–water partition coefficient (Wildman–Crippen LogP) is 2.61. The Kier molecular flexibility index (Phi) is 4.00. The first-order valence-corrected chi connectivity index (χ1v) is 7.97. The normalized spacial score (nSPS) is 18.7. The van der Waals surface area contributed by atoms with Gasteiger partial charge in [-0.3, -0.25) is 14.6 Å². The third kappa shape index (κ3) is 2.53. The van der Waals surface area contributed by atoms with Crippen molar-refractivity contribution in [2.45, 2.75) is 52.6 Å². The topological polar surface area (TPSA) is 66.8 Å². The summed E-state index contributed by atoms with van der Waals surface area (Å²) >= 11 is 0. The van der Waals surface area contributed by atoms with Crippen molar-refractivity contribution in [2.75, 3.05) is 6.54 Å². The lowest BCUT2D eigenvalue weighted by Crippen LogP contribution is -2.39. The molecule has 1 aliphatic rings. The number of hydrogen-bond donors (Lipinski definition) is 1. The summed E-state index contributed by atoms with van der Waals surface area (Å²) in [6.07, 6.45) is 4.98. The molecule has 0 aromatic carbocycles. The second-order valence-electron chi connectivity index (χ2n) is 5.96. The summed E-state index contributed by atoms with van der Waals surface area (Å²) in [6, 6.07) is 1.97. The fraction of sp³-hybridized carbons (Fsp3) is 0.562. The minimum Gasteiger partial charge on any atom is -0.329 e. The van der Waals surface area contributed by atoms with Crippen LogP contribution in [0.4, 0.5) is 0 Å². The molecule has 118 valence electrons. The van der Waals surface area contributed by atoms with Crippen molar-refractivity contribution < 1.29 is 4.79 Å². The smallest absolute Gasteiger partial charge is 0.274 e. The van der Waals surface area contributed by atoms with Crippen molar-refractivity contribution in [2.24, 2.45) is 0 Å². The van der Waals surface area contributed by atoms with Gasteiger partial charge in [-0.05, 0) is 51.7 Å². The molecule has 0 radical (unpaired) electrons. The van der Waals surface area contributed by atoms with Crippen LogP contribution in [-0.4, -0.2) is 37.3 Å². The van der Waals surface area contributed by atoms with Crippen LogP contribution in [0.15, 0.2) is 12.3 Å². The number of carbonyl (C=O) groups excluding carboxylic acids is 1. The Morgan fingerprint density at radius 2 is 2.23 bits per heavy atom. The molecular weight excluding hydrogens is 278 g/mol. The van der Waals surface area contributed by atoms with Crippen molar-refractivity contribution in [1.29, 1.82) is 0 Å². The highest BCUT2D eigenvalue weighted by atomic mass is 16.2. The highest BCUT2D eigenvalue weighted by Crippen LogP contribution is 2.32. The van der Waals surface area contributed by atoms with Gasteiger partial charge in [0.05, 0.1) is 17.9 Å². The lowest BCUT2D eigenvalue weighted by atomic mass is 9.97. The quantitative estimate of drug-likeness (QED) is 0.947. The first-order chi connectivity index (χ1) is 10.6. The molecule has 6 heteroatoms. The number of H-pyrrole nitrogens is 1. The molecule has 6 nitrogen and oxygen atoms in total. The Morgan fingerprint density at radius 3 is 2.86 bits per heavy atom. The molecule has 2 aromatic rings. The number of hydrogen-bond acceptors (Lipinski definition) is 3. The van der Waals surface area contributed by atoms with Crippen LogP contribution in [0.2, 0.25) is 0 Å². The van der Waals surface area contributed by atoms with E-state index < -0.39 is 0 Å². The van der Waals surface area contributed by atoms with E-state index in [0.29, 0.717) is 5.69 Å². The summed E-state index contributed by atoms with van der Waals surface area (Å²) in [5.41, 5.74) is 3.74. The number of nitrogens with one attached hydrogen (secondary N) is 1. The zero-order chi connectivity index (χ0) is 15.7. The fourth-order valence-corrected chi connectivity index (χ4v) is 3.25. The van der Waals surface area contributed by atoms with Crippen LogP contribution in [0.5, 0.6) is 0 Å². The van der Waals surface area contributed by atoms with E-state index >= 15 is 0 Å². The van der Waals surface area contributed by atoms with Gasteiger partial charge in [-0.2, -0.15) is 10.2 Å². The van der Waals surface area contributed by atoms with Gasteiger partial charge in [0.2, 0.25) is 0 Å². The first-order valence-electron chi connectivity index (χ1n) is 7.97. The van der Waals surface area contributed by atoms with Gasteiger partial charge in [0.15, 0.2) is 5.69 Å². The molecule has 1 atom stereocenters. The Labute approximate surface area is 130 Å². The Hall–Kier alpha value is -2.11. The van der Waals surface area contributed by atoms with Gasteiger partial charge in [-0.1, -0.05) is 0 Å². The molecule has 3 rings (SSSR count). The molecule has 1 aliphatic heterocycles. The number of amides is 1. The fourth-order valence-electron chi connectivity index (χ4n) is 3.25. The zero-order valence-electron chi connectivity index (χ0n) is 13.5. The molecule has 0 spiro atoms. The van der Waals surface area contributed by atoms with Crippen LogP contribution in [0.25, 0.3) is 0 Å². The highest BCUT2D eigenvalue weighted by molar-refractivity contribution is 5.92. The van der Waals surface area contributed by atoms with Gasteiger partial charge < -0.3 is 4.90 Å². The number of piperidine rings is 1. The number of aromatic amines is 1. The first kappa shape index (κ1) is 14.8. The van der Waals surface area contributed by atoms with Crippen molar-refractivity contribution in [3.8, 4) is 0 Å². The second kappa shape index (κ2) is 5.94. The largest absolute Gasteiger partial charge is 0.329 e. The average molecular weight is 301 g/mol. The molecule has 1 fully saturated rings. The maximum absolute atomic E-state index is 12.9. The number of likely N-dealkylation sites (tertiary alicyclic amines) is 1. The molecule has 1 saturated heterocycles. The maximum Gasteiger partial charge on any atom is 0.274 e. The number of aromatic nitrogens is 4. The van der Waals surface area contributed by atoms with E-state index in [2.05, 4.69) is 15.3 Å². The van der Waals surface area contributed by atoms with Crippen molar-refractivity contribution >= 4 is 5.91 Å². The predicted molar refractivity (Wildman–Crippen MR) is 83.6 cm³/mol. The van der Waals surface area contributed by atoms with Crippen molar-refractivity contribution in [3.05, 3.63) is 34.9 Å². The van der Waals surface area contributed by atoms with E-state index in [1.165, 1.54) is 0 Å². The van der Waals surface area contributed by atoms with Gasteiger partial charge in [-0.25, -0.2) is 0 Å². The lowest BCUT2D eigenvalue weighted by molar-refractivity contribution is 0.0598. The second-order valence-corrected chi connectivity index (χ2v) is 5.96. The molecule has 3 heterocycles. The molecule has 0 aliphatic carbocycles. The number of nitrogens with zero attached hydrogens (tertiary/aromatic N) is 4. The molecule has 0 saturated carbocycles. The maximum atomic E-state index is 12.9. The van der Waals surface area contributed by atoms with Gasteiger partial charge in [-0.15, -0.1) is 0 Å². The number of aryl methyl sites for hydroxylation is 3. The Bertz CT molecular complexity index is 672. The molecule has 2 aromatic heterocycles. The zero-order valence-corrected chi connectivity index (χ0v) is 13.5. The Balaban J connectivity index is 1.90. The average Bonchev–Trinajstić information content (AvgIpc) is 3.12. The molecule has 1 amide bonds. The molecule has 1 N–H and O–H groups in total. The van der Waals surface area contributed by atoms with Gasteiger partial charge >= 0.3 is 0 Å². The summed E-state index contributed by atoms with van der Waals surface area (Å²) in [5.74, 6) is 0.0222. The number of rotatable bonds is 3. The third-order valence-corrected chi connectivity index (χ3v) is 4.46.